The highest BCUT2D eigenvalue weighted by Gasteiger charge is 2.23. The highest BCUT2D eigenvalue weighted by atomic mass is 16.5. The second kappa shape index (κ2) is 5.47. The highest BCUT2D eigenvalue weighted by Crippen LogP contribution is 2.13. The number of hydrogen-bond donors (Lipinski definition) is 2. The number of rotatable bonds is 3. The molecule has 2 heterocycles. The largest absolute Gasteiger partial charge is 0.381 e. The lowest BCUT2D eigenvalue weighted by Gasteiger charge is -2.22. The first kappa shape index (κ1) is 10.9. The van der Waals surface area contributed by atoms with Gasteiger partial charge in [-0.2, -0.15) is 0 Å². The summed E-state index contributed by atoms with van der Waals surface area (Å²) in [5, 5.41) is 6.24. The van der Waals surface area contributed by atoms with Gasteiger partial charge in [-0.1, -0.05) is 0 Å². The van der Waals surface area contributed by atoms with Crippen LogP contribution in [0.5, 0.6) is 0 Å². The van der Waals surface area contributed by atoms with Crippen molar-refractivity contribution in [3.63, 3.8) is 0 Å². The molecular weight excluding hydrogens is 192 g/mol. The van der Waals surface area contributed by atoms with Crippen LogP contribution in [0, 0.1) is 11.8 Å². The maximum Gasteiger partial charge on any atom is 0.224 e. The molecule has 2 saturated heterocycles. The Balaban J connectivity index is 1.65. The third-order valence-corrected chi connectivity index (χ3v) is 3.25. The quantitative estimate of drug-likeness (QED) is 0.699. The molecule has 2 N–H and O–H groups in total. The first-order valence-corrected chi connectivity index (χ1v) is 5.92. The molecule has 4 nitrogen and oxygen atoms in total. The van der Waals surface area contributed by atoms with Crippen LogP contribution in [0.2, 0.25) is 0 Å². The van der Waals surface area contributed by atoms with E-state index in [4.69, 9.17) is 4.74 Å². The van der Waals surface area contributed by atoms with E-state index < -0.39 is 0 Å². The molecule has 0 saturated carbocycles. The highest BCUT2D eigenvalue weighted by molar-refractivity contribution is 5.79. The van der Waals surface area contributed by atoms with Gasteiger partial charge < -0.3 is 15.4 Å². The van der Waals surface area contributed by atoms with E-state index in [1.54, 1.807) is 0 Å². The van der Waals surface area contributed by atoms with Crippen LogP contribution >= 0.6 is 0 Å². The molecule has 0 bridgehead atoms. The van der Waals surface area contributed by atoms with Crippen molar-refractivity contribution in [1.82, 2.24) is 10.6 Å². The van der Waals surface area contributed by atoms with Crippen LogP contribution < -0.4 is 10.6 Å². The van der Waals surface area contributed by atoms with Crippen LogP contribution in [0.15, 0.2) is 0 Å². The fourth-order valence-corrected chi connectivity index (χ4v) is 2.24. The Morgan fingerprint density at radius 2 is 2.40 bits per heavy atom. The third kappa shape index (κ3) is 3.18. The summed E-state index contributed by atoms with van der Waals surface area (Å²) >= 11 is 0. The van der Waals surface area contributed by atoms with Gasteiger partial charge in [-0.05, 0) is 31.7 Å². The van der Waals surface area contributed by atoms with Crippen LogP contribution in [0.25, 0.3) is 0 Å². The summed E-state index contributed by atoms with van der Waals surface area (Å²) in [5.74, 6) is 0.928. The van der Waals surface area contributed by atoms with Crippen molar-refractivity contribution in [2.45, 2.75) is 19.3 Å². The zero-order valence-electron chi connectivity index (χ0n) is 9.13. The monoisotopic (exact) mass is 212 g/mol. The summed E-state index contributed by atoms with van der Waals surface area (Å²) in [6.45, 7) is 4.30. The molecule has 2 aliphatic rings. The van der Waals surface area contributed by atoms with Gasteiger partial charge in [0, 0.05) is 19.7 Å². The van der Waals surface area contributed by atoms with E-state index in [2.05, 4.69) is 10.6 Å². The van der Waals surface area contributed by atoms with Crippen LogP contribution in [-0.4, -0.2) is 38.8 Å². The maximum atomic E-state index is 11.7. The minimum Gasteiger partial charge on any atom is -0.381 e. The van der Waals surface area contributed by atoms with Gasteiger partial charge in [-0.25, -0.2) is 0 Å². The van der Waals surface area contributed by atoms with E-state index >= 15 is 0 Å². The Bertz CT molecular complexity index is 209. The Labute approximate surface area is 90.8 Å². The molecule has 0 aromatic carbocycles. The summed E-state index contributed by atoms with van der Waals surface area (Å²) in [4.78, 5) is 11.7. The second-order valence-electron chi connectivity index (χ2n) is 4.52. The lowest BCUT2D eigenvalue weighted by Crippen LogP contribution is -2.37. The molecule has 0 aliphatic carbocycles. The fourth-order valence-electron chi connectivity index (χ4n) is 2.24. The zero-order chi connectivity index (χ0) is 10.5. The van der Waals surface area contributed by atoms with Crippen LogP contribution in [0.4, 0.5) is 0 Å². The van der Waals surface area contributed by atoms with E-state index in [9.17, 15) is 4.79 Å². The molecule has 2 atom stereocenters. The van der Waals surface area contributed by atoms with Crippen molar-refractivity contribution >= 4 is 5.91 Å². The van der Waals surface area contributed by atoms with Crippen molar-refractivity contribution in [3.8, 4) is 0 Å². The minimum absolute atomic E-state index is 0.189. The number of carbonyl (C=O) groups is 1. The Hall–Kier alpha value is -0.610. The average molecular weight is 212 g/mol. The van der Waals surface area contributed by atoms with Crippen molar-refractivity contribution in [2.75, 3.05) is 32.8 Å². The van der Waals surface area contributed by atoms with E-state index in [1.165, 1.54) is 6.42 Å². The van der Waals surface area contributed by atoms with E-state index in [0.717, 1.165) is 45.7 Å². The molecule has 15 heavy (non-hydrogen) atoms. The predicted octanol–water partition coefficient (Wildman–Crippen LogP) is 0.139. The van der Waals surface area contributed by atoms with Crippen molar-refractivity contribution in [3.05, 3.63) is 0 Å². The molecule has 4 heteroatoms. The van der Waals surface area contributed by atoms with E-state index in [1.807, 2.05) is 0 Å². The fraction of sp³-hybridized carbons (Fsp3) is 0.909. The molecule has 2 fully saturated rings. The molecule has 0 spiro atoms. The molecule has 0 radical (unpaired) electrons. The van der Waals surface area contributed by atoms with E-state index in [0.29, 0.717) is 5.92 Å². The minimum atomic E-state index is 0.189. The Morgan fingerprint density at radius 1 is 1.47 bits per heavy atom. The molecule has 0 aromatic rings. The number of carbonyl (C=O) groups excluding carboxylic acids is 1. The molecule has 86 valence electrons. The first-order valence-electron chi connectivity index (χ1n) is 5.92. The lowest BCUT2D eigenvalue weighted by molar-refractivity contribution is -0.124. The maximum absolute atomic E-state index is 11.7. The van der Waals surface area contributed by atoms with Crippen molar-refractivity contribution < 1.29 is 9.53 Å². The third-order valence-electron chi connectivity index (χ3n) is 3.25. The van der Waals surface area contributed by atoms with Gasteiger partial charge in [-0.3, -0.25) is 4.79 Å². The standard InChI is InChI=1S/C11H20N2O2/c14-11(10-3-4-12-7-10)13-6-9-2-1-5-15-8-9/h9-10,12H,1-8H2,(H,13,14)/t9?,10-/m0/s1. The number of ether oxygens (including phenoxy) is 1. The van der Waals surface area contributed by atoms with Crippen LogP contribution in [-0.2, 0) is 9.53 Å². The predicted molar refractivity (Wildman–Crippen MR) is 57.5 cm³/mol. The second-order valence-corrected chi connectivity index (χ2v) is 4.52. The molecule has 2 aliphatic heterocycles. The lowest BCUT2D eigenvalue weighted by atomic mass is 10.0. The first-order chi connectivity index (χ1) is 7.36. The Kier molecular flexibility index (Phi) is 3.97. The SMILES string of the molecule is O=C(NCC1CCCOC1)[C@H]1CCNC1. The molecular formula is C11H20N2O2. The number of hydrogen-bond acceptors (Lipinski definition) is 3. The molecule has 0 aromatic heterocycles. The van der Waals surface area contributed by atoms with Gasteiger partial charge in [0.05, 0.1) is 12.5 Å². The number of nitrogens with one attached hydrogen (secondary N) is 2. The molecule has 2 rings (SSSR count). The van der Waals surface area contributed by atoms with Gasteiger partial charge >= 0.3 is 0 Å². The van der Waals surface area contributed by atoms with Gasteiger partial charge in [0.15, 0.2) is 0 Å². The zero-order valence-corrected chi connectivity index (χ0v) is 9.13. The smallest absolute Gasteiger partial charge is 0.224 e. The van der Waals surface area contributed by atoms with Crippen LogP contribution in [0.1, 0.15) is 19.3 Å². The van der Waals surface area contributed by atoms with E-state index in [-0.39, 0.29) is 11.8 Å². The number of amides is 1. The van der Waals surface area contributed by atoms with Gasteiger partial charge in [0.2, 0.25) is 5.91 Å². The van der Waals surface area contributed by atoms with Crippen LogP contribution in [0.3, 0.4) is 0 Å². The summed E-state index contributed by atoms with van der Waals surface area (Å²) in [6, 6.07) is 0. The van der Waals surface area contributed by atoms with Gasteiger partial charge in [0.1, 0.15) is 0 Å². The topological polar surface area (TPSA) is 50.4 Å². The van der Waals surface area contributed by atoms with Crippen molar-refractivity contribution in [1.29, 1.82) is 0 Å². The summed E-state index contributed by atoms with van der Waals surface area (Å²) in [6.07, 6.45) is 3.29. The summed E-state index contributed by atoms with van der Waals surface area (Å²) < 4.78 is 5.38. The molecule has 1 unspecified atom stereocenters. The summed E-state index contributed by atoms with van der Waals surface area (Å²) in [7, 11) is 0. The average Bonchev–Trinajstić information content (AvgIpc) is 2.81. The summed E-state index contributed by atoms with van der Waals surface area (Å²) in [5.41, 5.74) is 0. The van der Waals surface area contributed by atoms with Crippen molar-refractivity contribution in [2.24, 2.45) is 11.8 Å². The van der Waals surface area contributed by atoms with Gasteiger partial charge in [-0.15, -0.1) is 0 Å². The normalized spacial score (nSPS) is 31.5. The molecule has 1 amide bonds. The Morgan fingerprint density at radius 3 is 3.07 bits per heavy atom. The van der Waals surface area contributed by atoms with Gasteiger partial charge in [0.25, 0.3) is 0 Å².